The number of amides is 4. The van der Waals surface area contributed by atoms with E-state index in [4.69, 9.17) is 18.9 Å². The van der Waals surface area contributed by atoms with E-state index in [1.165, 1.54) is 283 Å². The van der Waals surface area contributed by atoms with Crippen molar-refractivity contribution in [3.05, 3.63) is 0 Å². The van der Waals surface area contributed by atoms with Crippen LogP contribution < -0.4 is 21.3 Å². The Bertz CT molecular complexity index is 1340. The summed E-state index contributed by atoms with van der Waals surface area (Å²) in [5.41, 5.74) is 0. The summed E-state index contributed by atoms with van der Waals surface area (Å²) >= 11 is 0. The summed E-state index contributed by atoms with van der Waals surface area (Å²) in [7, 11) is 9.13. The second-order valence-corrected chi connectivity index (χ2v) is 29.2. The fraction of sp³-hybridized carbons (Fsp3) is 0.974. The summed E-state index contributed by atoms with van der Waals surface area (Å²) in [5, 5.41) is 12.2. The van der Waals surface area contributed by atoms with Crippen LogP contribution in [0.5, 0.6) is 0 Å². The van der Waals surface area contributed by atoms with Crippen LogP contribution in [-0.2, 0) is 18.9 Å². The van der Waals surface area contributed by atoms with Crippen LogP contribution in [0.2, 0.25) is 0 Å². The van der Waals surface area contributed by atoms with E-state index in [9.17, 15) is 9.59 Å². The Morgan fingerprint density at radius 3 is 0.700 bits per heavy atom. The van der Waals surface area contributed by atoms with Crippen molar-refractivity contribution in [2.75, 3.05) is 120 Å². The number of likely N-dealkylation sites (N-methyl/N-ethyl adjacent to an activating group) is 2. The van der Waals surface area contributed by atoms with Gasteiger partial charge in [-0.1, -0.05) is 310 Å². The Labute approximate surface area is 562 Å². The van der Waals surface area contributed by atoms with Gasteiger partial charge in [-0.2, -0.15) is 0 Å². The van der Waals surface area contributed by atoms with E-state index in [-0.39, 0.29) is 24.3 Å². The number of hydrogen-bond acceptors (Lipinski definition) is 6. The van der Waals surface area contributed by atoms with Crippen molar-refractivity contribution in [1.29, 1.82) is 0 Å². The number of nitrogens with one attached hydrogen (secondary N) is 4. The second-order valence-electron chi connectivity index (χ2n) is 29.2. The Morgan fingerprint density at radius 1 is 0.267 bits per heavy atom. The highest BCUT2D eigenvalue weighted by atomic mass is 16.5. The van der Waals surface area contributed by atoms with Gasteiger partial charge in [-0.25, -0.2) is 9.59 Å². The minimum absolute atomic E-state index is 0.0748. The van der Waals surface area contributed by atoms with Crippen LogP contribution in [0.15, 0.2) is 0 Å². The fourth-order valence-electron chi connectivity index (χ4n) is 12.7. The van der Waals surface area contributed by atoms with Crippen molar-refractivity contribution in [2.24, 2.45) is 0 Å². The lowest BCUT2D eigenvalue weighted by Gasteiger charge is -2.33. The van der Waals surface area contributed by atoms with Gasteiger partial charge in [0.15, 0.2) is 0 Å². The van der Waals surface area contributed by atoms with Crippen LogP contribution in [0.25, 0.3) is 0 Å². The van der Waals surface area contributed by atoms with Gasteiger partial charge in [0, 0.05) is 65.4 Å². The van der Waals surface area contributed by atoms with E-state index in [0.717, 1.165) is 113 Å². The number of nitrogens with zero attached hydrogens (tertiary/aromatic N) is 2. The largest absolute Gasteiger partial charge is 0.379 e. The van der Waals surface area contributed by atoms with Crippen LogP contribution >= 0.6 is 0 Å². The molecule has 0 aliphatic rings. The third-order valence-electron chi connectivity index (χ3n) is 18.6. The standard InChI is InChI=1S/C78H160N6O6/c1-9-13-17-21-25-29-33-37-41-45-49-55-67-87-73-75(89-69-57-51-47-43-39-35-31-27-23-19-15-11-3)71-83(5,6)65-59-63-81-77(85)79-61-53-54-62-80-78(86)82-64-60-66-84(7,8)72-76(90-70-58-52-48-44-40-36-32-28-24-20-16-12-4)74-88-68-56-50-46-42-38-34-30-26-22-18-14-10-2/h75-76H,9-74H2,1-8H3,(H2-2,79,80,81,82,85,86)/p+2. The lowest BCUT2D eigenvalue weighted by Crippen LogP contribution is -2.49. The zero-order valence-electron chi connectivity index (χ0n) is 62.2. The molecule has 4 amide bonds. The summed E-state index contributed by atoms with van der Waals surface area (Å²) in [5.74, 6) is 0. The number of urea groups is 2. The van der Waals surface area contributed by atoms with Gasteiger partial charge in [-0.05, 0) is 38.5 Å². The SMILES string of the molecule is CCCCCCCCCCCCCCOCC(C[N+](C)(C)CCCNC(=O)NCCCCNC(=O)NCCC[N+](C)(C)CC(COCCCCCCCCCCCCCC)OCCCCCCCCCCCCCC)OCCCCCCCCCCCCCC. The Balaban J connectivity index is 4.59. The molecular weight excluding hydrogens is 1120 g/mol. The predicted octanol–water partition coefficient (Wildman–Crippen LogP) is 20.9. The average Bonchev–Trinajstić information content (AvgIpc) is 3.68. The summed E-state index contributed by atoms with van der Waals surface area (Å²) < 4.78 is 27.4. The first-order valence-corrected chi connectivity index (χ1v) is 40.0. The van der Waals surface area contributed by atoms with Crippen LogP contribution in [0, 0.1) is 0 Å². The van der Waals surface area contributed by atoms with Crippen molar-refractivity contribution in [3.8, 4) is 0 Å². The highest BCUT2D eigenvalue weighted by Gasteiger charge is 2.25. The van der Waals surface area contributed by atoms with Gasteiger partial charge in [0.1, 0.15) is 25.3 Å². The smallest absolute Gasteiger partial charge is 0.314 e. The van der Waals surface area contributed by atoms with E-state index in [1.54, 1.807) is 0 Å². The van der Waals surface area contributed by atoms with E-state index in [2.05, 4.69) is 77.2 Å². The van der Waals surface area contributed by atoms with Crippen molar-refractivity contribution in [1.82, 2.24) is 21.3 Å². The Hall–Kier alpha value is -1.70. The monoisotopic (exact) mass is 1280 g/mol. The van der Waals surface area contributed by atoms with Crippen molar-refractivity contribution < 1.29 is 37.5 Å². The Kier molecular flexibility index (Phi) is 68.8. The van der Waals surface area contributed by atoms with Gasteiger partial charge in [0.05, 0.1) is 54.5 Å². The van der Waals surface area contributed by atoms with Gasteiger partial charge in [-0.3, -0.25) is 0 Å². The first kappa shape index (κ1) is 88.3. The number of rotatable bonds is 75. The summed E-state index contributed by atoms with van der Waals surface area (Å²) in [6.07, 6.45) is 68.3. The molecule has 2 unspecified atom stereocenters. The summed E-state index contributed by atoms with van der Waals surface area (Å²) in [6, 6.07) is -0.246. The molecule has 0 radical (unpaired) electrons. The van der Waals surface area contributed by atoms with Crippen molar-refractivity contribution in [3.63, 3.8) is 0 Å². The number of carbonyl (C=O) groups excluding carboxylic acids is 2. The Morgan fingerprint density at radius 2 is 0.467 bits per heavy atom. The van der Waals surface area contributed by atoms with Gasteiger partial charge in [0.2, 0.25) is 0 Å². The molecule has 0 bridgehead atoms. The summed E-state index contributed by atoms with van der Waals surface area (Å²) in [4.78, 5) is 25.4. The maximum atomic E-state index is 12.7. The predicted molar refractivity (Wildman–Crippen MR) is 390 cm³/mol. The maximum absolute atomic E-state index is 12.7. The number of unbranched alkanes of at least 4 members (excludes halogenated alkanes) is 45. The van der Waals surface area contributed by atoms with Crippen molar-refractivity contribution >= 4 is 12.1 Å². The molecule has 0 aliphatic heterocycles. The third kappa shape index (κ3) is 69.1. The highest BCUT2D eigenvalue weighted by Crippen LogP contribution is 2.18. The highest BCUT2D eigenvalue weighted by molar-refractivity contribution is 5.74. The normalized spacial score (nSPS) is 12.7. The molecule has 0 rings (SSSR count). The number of carbonyl (C=O) groups is 2. The fourth-order valence-corrected chi connectivity index (χ4v) is 12.7. The molecule has 4 N–H and O–H groups in total. The second kappa shape index (κ2) is 70.1. The molecule has 0 aromatic rings. The van der Waals surface area contributed by atoms with E-state index in [1.807, 2.05) is 0 Å². The lowest BCUT2D eigenvalue weighted by atomic mass is 10.1. The molecule has 0 aliphatic carbocycles. The minimum Gasteiger partial charge on any atom is -0.379 e. The molecule has 0 heterocycles. The van der Waals surface area contributed by atoms with Crippen LogP contribution in [-0.4, -0.2) is 153 Å². The first-order chi connectivity index (χ1) is 44.0. The molecule has 538 valence electrons. The lowest BCUT2D eigenvalue weighted by molar-refractivity contribution is -0.893. The molecule has 12 nitrogen and oxygen atoms in total. The van der Waals surface area contributed by atoms with Crippen LogP contribution in [0.4, 0.5) is 9.59 Å². The van der Waals surface area contributed by atoms with Crippen LogP contribution in [0.1, 0.15) is 362 Å². The molecule has 0 fully saturated rings. The van der Waals surface area contributed by atoms with E-state index in [0.29, 0.717) is 39.4 Å². The average molecular weight is 1280 g/mol. The molecule has 90 heavy (non-hydrogen) atoms. The maximum Gasteiger partial charge on any atom is 0.314 e. The molecule has 2 atom stereocenters. The van der Waals surface area contributed by atoms with Crippen LogP contribution in [0.3, 0.4) is 0 Å². The number of ether oxygens (including phenoxy) is 4. The molecule has 12 heteroatoms. The van der Waals surface area contributed by atoms with Gasteiger partial charge >= 0.3 is 12.1 Å². The molecule has 0 aromatic heterocycles. The third-order valence-corrected chi connectivity index (χ3v) is 18.6. The quantitative estimate of drug-likeness (QED) is 0.0356. The van der Waals surface area contributed by atoms with E-state index < -0.39 is 0 Å². The molecule has 0 aromatic carbocycles. The van der Waals surface area contributed by atoms with Gasteiger partial charge in [0.25, 0.3) is 0 Å². The topological polar surface area (TPSA) is 119 Å². The molecule has 0 spiro atoms. The zero-order valence-corrected chi connectivity index (χ0v) is 62.2. The molecule has 0 saturated carbocycles. The van der Waals surface area contributed by atoms with E-state index >= 15 is 0 Å². The number of hydrogen-bond donors (Lipinski definition) is 4. The summed E-state index contributed by atoms with van der Waals surface area (Å²) in [6.45, 7) is 19.9. The molecule has 0 saturated heterocycles. The van der Waals surface area contributed by atoms with Crippen molar-refractivity contribution in [2.45, 2.75) is 374 Å². The van der Waals surface area contributed by atoms with Gasteiger partial charge in [-0.15, -0.1) is 0 Å². The molecular formula is C78H162N6O6+2. The van der Waals surface area contributed by atoms with Gasteiger partial charge < -0.3 is 49.2 Å². The zero-order chi connectivity index (χ0) is 65.6. The first-order valence-electron chi connectivity index (χ1n) is 40.0. The minimum atomic E-state index is -0.123. The number of quaternary nitrogens is 2.